The highest BCUT2D eigenvalue weighted by Crippen LogP contribution is 2.38. The molecule has 0 saturated carbocycles. The van der Waals surface area contributed by atoms with Gasteiger partial charge >= 0.3 is 5.97 Å². The minimum absolute atomic E-state index is 0.0291. The van der Waals surface area contributed by atoms with E-state index >= 15 is 0 Å². The van der Waals surface area contributed by atoms with Crippen molar-refractivity contribution in [3.05, 3.63) is 24.3 Å². The number of phosphoric ester groups is 1. The predicted molar refractivity (Wildman–Crippen MR) is 273 cm³/mol. The van der Waals surface area contributed by atoms with E-state index in [1.165, 1.54) is 205 Å². The molecule has 380 valence electrons. The summed E-state index contributed by atoms with van der Waals surface area (Å²) in [5.74, 6) is -0.328. The van der Waals surface area contributed by atoms with Crippen LogP contribution in [0.4, 0.5) is 0 Å². The molecule has 0 aromatic rings. The lowest BCUT2D eigenvalue weighted by atomic mass is 10.0. The Bertz CT molecular complexity index is 1080. The zero-order valence-electron chi connectivity index (χ0n) is 43.3. The van der Waals surface area contributed by atoms with Gasteiger partial charge in [0, 0.05) is 13.0 Å². The molecule has 8 nitrogen and oxygen atoms in total. The lowest BCUT2D eigenvalue weighted by Gasteiger charge is -2.28. The van der Waals surface area contributed by atoms with Crippen molar-refractivity contribution in [3.63, 3.8) is 0 Å². The monoisotopic (exact) mass is 926 g/mol. The summed E-state index contributed by atoms with van der Waals surface area (Å²) in [7, 11) is 1.37. The Labute approximate surface area is 398 Å². The molecule has 0 aliphatic carbocycles. The number of likely N-dealkylation sites (N-methyl/N-ethyl adjacent to an activating group) is 1. The summed E-state index contributed by atoms with van der Waals surface area (Å²) < 4.78 is 34.8. The molecule has 0 N–H and O–H groups in total. The molecule has 0 amide bonds. The number of hydrogen-bond acceptors (Lipinski definition) is 7. The summed E-state index contributed by atoms with van der Waals surface area (Å²) in [5.41, 5.74) is 0. The van der Waals surface area contributed by atoms with Crippen molar-refractivity contribution in [2.45, 2.75) is 270 Å². The fourth-order valence-electron chi connectivity index (χ4n) is 7.99. The molecule has 0 heterocycles. The molecule has 0 aromatic carbocycles. The number of carbonyl (C=O) groups excluding carboxylic acids is 1. The number of allylic oxidation sites excluding steroid dienone is 4. The number of ether oxygens (including phenoxy) is 2. The fourth-order valence-corrected chi connectivity index (χ4v) is 8.72. The summed E-state index contributed by atoms with van der Waals surface area (Å²) in [6.45, 7) is 5.46. The number of nitrogens with zero attached hydrogens (tertiary/aromatic N) is 1. The molecular weight excluding hydrogens is 818 g/mol. The van der Waals surface area contributed by atoms with Crippen molar-refractivity contribution in [2.75, 3.05) is 54.1 Å². The van der Waals surface area contributed by atoms with Crippen molar-refractivity contribution >= 4 is 13.8 Å². The first-order chi connectivity index (χ1) is 31.1. The number of quaternary nitrogens is 1. The number of esters is 1. The number of carbonyl (C=O) groups is 1. The van der Waals surface area contributed by atoms with Crippen molar-refractivity contribution < 1.29 is 37.3 Å². The van der Waals surface area contributed by atoms with Gasteiger partial charge in [0.25, 0.3) is 7.82 Å². The Hall–Kier alpha value is -1.02. The molecule has 2 unspecified atom stereocenters. The molecule has 0 spiro atoms. The Kier molecular flexibility index (Phi) is 47.7. The van der Waals surface area contributed by atoms with Gasteiger partial charge in [-0.1, -0.05) is 237 Å². The average molecular weight is 926 g/mol. The smallest absolute Gasteiger partial charge is 0.306 e. The second kappa shape index (κ2) is 48.4. The number of hydrogen-bond donors (Lipinski definition) is 0. The molecular formula is C55H108NO7P. The van der Waals surface area contributed by atoms with Crippen LogP contribution < -0.4 is 4.89 Å². The Morgan fingerprint density at radius 3 is 1.27 bits per heavy atom. The van der Waals surface area contributed by atoms with Crippen LogP contribution in [0.25, 0.3) is 0 Å². The largest absolute Gasteiger partial charge is 0.756 e. The van der Waals surface area contributed by atoms with E-state index in [0.717, 1.165) is 38.5 Å². The number of rotatable bonds is 52. The molecule has 0 saturated heterocycles. The Morgan fingerprint density at radius 1 is 0.484 bits per heavy atom. The third-order valence-electron chi connectivity index (χ3n) is 12.3. The molecule has 0 rings (SSSR count). The van der Waals surface area contributed by atoms with E-state index in [-0.39, 0.29) is 25.8 Å². The van der Waals surface area contributed by atoms with Crippen LogP contribution in [0.5, 0.6) is 0 Å². The quantitative estimate of drug-likeness (QED) is 0.0197. The minimum atomic E-state index is -4.53. The maximum absolute atomic E-state index is 12.7. The van der Waals surface area contributed by atoms with Gasteiger partial charge in [-0.15, -0.1) is 0 Å². The lowest BCUT2D eigenvalue weighted by Crippen LogP contribution is -2.37. The second-order valence-electron chi connectivity index (χ2n) is 20.0. The zero-order valence-corrected chi connectivity index (χ0v) is 44.1. The van der Waals surface area contributed by atoms with E-state index in [1.807, 2.05) is 21.1 Å². The van der Waals surface area contributed by atoms with E-state index in [1.54, 1.807) is 0 Å². The summed E-state index contributed by atoms with van der Waals surface area (Å²) in [4.78, 5) is 25.2. The van der Waals surface area contributed by atoms with Crippen molar-refractivity contribution in [1.29, 1.82) is 0 Å². The first-order valence-corrected chi connectivity index (χ1v) is 29.0. The number of unbranched alkanes of at least 4 members (excludes halogenated alkanes) is 34. The van der Waals surface area contributed by atoms with Crippen molar-refractivity contribution in [1.82, 2.24) is 0 Å². The lowest BCUT2D eigenvalue weighted by molar-refractivity contribution is -0.870. The summed E-state index contributed by atoms with van der Waals surface area (Å²) in [6, 6.07) is 0. The summed E-state index contributed by atoms with van der Waals surface area (Å²) in [6.07, 6.45) is 57.8. The van der Waals surface area contributed by atoms with E-state index in [4.69, 9.17) is 18.5 Å². The van der Waals surface area contributed by atoms with E-state index < -0.39 is 13.9 Å². The van der Waals surface area contributed by atoms with Gasteiger partial charge < -0.3 is 27.9 Å². The van der Waals surface area contributed by atoms with Gasteiger partial charge in [0.05, 0.1) is 34.4 Å². The molecule has 0 aromatic heterocycles. The Morgan fingerprint density at radius 2 is 0.859 bits per heavy atom. The van der Waals surface area contributed by atoms with Gasteiger partial charge in [0.1, 0.15) is 19.3 Å². The van der Waals surface area contributed by atoms with Crippen molar-refractivity contribution in [3.8, 4) is 0 Å². The fraction of sp³-hybridized carbons (Fsp3) is 0.909. The molecule has 0 fully saturated rings. The standard InChI is InChI=1S/C55H108NO7P/c1-6-8-10-12-14-16-18-20-22-24-25-26-27-28-29-30-31-32-33-35-37-39-41-43-45-47-50-60-52-54(53-62-64(58,59)61-51-49-56(3,4)5)63-55(57)48-46-44-42-40-38-36-34-23-21-19-17-15-13-11-9-7-2/h18,20,24-25,54H,6-17,19,21-23,26-53H2,1-5H3/b20-18-,25-24-. The van der Waals surface area contributed by atoms with Gasteiger partial charge in [-0.2, -0.15) is 0 Å². The van der Waals surface area contributed by atoms with Crippen molar-refractivity contribution in [2.24, 2.45) is 0 Å². The maximum Gasteiger partial charge on any atom is 0.306 e. The molecule has 0 aliphatic heterocycles. The molecule has 0 radical (unpaired) electrons. The van der Waals surface area contributed by atoms with E-state index in [9.17, 15) is 14.3 Å². The molecule has 0 aliphatic rings. The third kappa shape index (κ3) is 52.0. The highest BCUT2D eigenvalue weighted by Gasteiger charge is 2.20. The van der Waals surface area contributed by atoms with Gasteiger partial charge in [0.2, 0.25) is 0 Å². The van der Waals surface area contributed by atoms with Crippen LogP contribution in [-0.4, -0.2) is 70.7 Å². The van der Waals surface area contributed by atoms with Crippen LogP contribution in [0.3, 0.4) is 0 Å². The van der Waals surface area contributed by atoms with E-state index in [2.05, 4.69) is 38.2 Å². The number of phosphoric acid groups is 1. The highest BCUT2D eigenvalue weighted by atomic mass is 31.2. The first-order valence-electron chi connectivity index (χ1n) is 27.6. The van der Waals surface area contributed by atoms with Crippen LogP contribution in [0, 0.1) is 0 Å². The van der Waals surface area contributed by atoms with Crippen LogP contribution >= 0.6 is 7.82 Å². The van der Waals surface area contributed by atoms with Gasteiger partial charge in [0.15, 0.2) is 0 Å². The van der Waals surface area contributed by atoms with Crippen LogP contribution in [-0.2, 0) is 27.9 Å². The average Bonchev–Trinajstić information content (AvgIpc) is 3.25. The molecule has 9 heteroatoms. The second-order valence-corrected chi connectivity index (χ2v) is 21.4. The van der Waals surface area contributed by atoms with Gasteiger partial charge in [-0.05, 0) is 44.9 Å². The zero-order chi connectivity index (χ0) is 46.9. The topological polar surface area (TPSA) is 94.1 Å². The Balaban J connectivity index is 4.02. The molecule has 64 heavy (non-hydrogen) atoms. The summed E-state index contributed by atoms with van der Waals surface area (Å²) >= 11 is 0. The predicted octanol–water partition coefficient (Wildman–Crippen LogP) is 16.5. The minimum Gasteiger partial charge on any atom is -0.756 e. The third-order valence-corrected chi connectivity index (χ3v) is 13.2. The molecule has 2 atom stereocenters. The van der Waals surface area contributed by atoms with Crippen LogP contribution in [0.1, 0.15) is 264 Å². The summed E-state index contributed by atoms with van der Waals surface area (Å²) in [5, 5.41) is 0. The van der Waals surface area contributed by atoms with E-state index in [0.29, 0.717) is 24.1 Å². The molecule has 0 bridgehead atoms. The van der Waals surface area contributed by atoms with Crippen LogP contribution in [0.2, 0.25) is 0 Å². The van der Waals surface area contributed by atoms with Gasteiger partial charge in [-0.25, -0.2) is 0 Å². The first kappa shape index (κ1) is 63.0. The SMILES string of the molecule is CCCCCCC/C=C\C/C=C\CCCCCCCCCCCCCCCCOCC(COP(=O)([O-])OCC[N+](C)(C)C)OC(=O)CCCCCCCCCCCCCCCCCC. The maximum atomic E-state index is 12.7. The van der Waals surface area contributed by atoms with Crippen LogP contribution in [0.15, 0.2) is 24.3 Å². The normalized spacial score (nSPS) is 13.7. The highest BCUT2D eigenvalue weighted by molar-refractivity contribution is 7.45. The van der Waals surface area contributed by atoms with Gasteiger partial charge in [-0.3, -0.25) is 9.36 Å².